The monoisotopic (exact) mass is 323 g/mol. The van der Waals surface area contributed by atoms with Crippen molar-refractivity contribution in [3.63, 3.8) is 0 Å². The average molecular weight is 323 g/mol. The van der Waals surface area contributed by atoms with E-state index in [1.54, 1.807) is 0 Å². The van der Waals surface area contributed by atoms with E-state index in [1.807, 2.05) is 0 Å². The van der Waals surface area contributed by atoms with Crippen molar-refractivity contribution < 1.29 is 33.7 Å². The van der Waals surface area contributed by atoms with E-state index >= 15 is 0 Å². The quantitative estimate of drug-likeness (QED) is 0.851. The predicted octanol–water partition coefficient (Wildman–Crippen LogP) is 0.836. The number of carbonyl (C=O) groups excluding carboxylic acids is 1. The Bertz CT molecular complexity index is 707. The third-order valence-corrected chi connectivity index (χ3v) is 4.82. The van der Waals surface area contributed by atoms with Crippen molar-refractivity contribution in [2.75, 3.05) is 20.2 Å². The molecule has 1 aromatic carbocycles. The van der Waals surface area contributed by atoms with Gasteiger partial charge in [-0.05, 0) is 24.6 Å². The number of carboxylic acid groups (broad SMARTS) is 2. The average Bonchev–Trinajstić information content (AvgIpc) is 3.05. The van der Waals surface area contributed by atoms with E-state index in [-0.39, 0.29) is 30.8 Å². The van der Waals surface area contributed by atoms with Crippen LogP contribution in [-0.4, -0.2) is 53.2 Å². The van der Waals surface area contributed by atoms with Crippen LogP contribution in [0.5, 0.6) is 5.75 Å². The van der Waals surface area contributed by atoms with Crippen molar-refractivity contribution >= 4 is 17.8 Å². The number of nitrogens with zero attached hydrogens (tertiary/aromatic N) is 1. The highest BCUT2D eigenvalue weighted by Gasteiger charge is 2.81. The first-order valence-corrected chi connectivity index (χ1v) is 6.87. The van der Waals surface area contributed by atoms with E-state index < -0.39 is 34.5 Å². The van der Waals surface area contributed by atoms with Crippen LogP contribution in [0.25, 0.3) is 0 Å². The summed E-state index contributed by atoms with van der Waals surface area (Å²) in [7, 11) is 1.29. The molecule has 7 nitrogen and oxygen atoms in total. The van der Waals surface area contributed by atoms with Gasteiger partial charge in [0, 0.05) is 18.7 Å². The highest BCUT2D eigenvalue weighted by atomic mass is 19.1. The SMILES string of the molecule is COc1ccc(C(=O)N2C[C@@]3(C(=O)O)C[C@@]3(C(=O)O)C2)cc1F. The number of fused-ring (bicyclic) bond motifs is 1. The molecule has 2 aliphatic rings. The van der Waals surface area contributed by atoms with Gasteiger partial charge in [-0.15, -0.1) is 0 Å². The fourth-order valence-electron chi connectivity index (χ4n) is 3.41. The Hall–Kier alpha value is -2.64. The first-order valence-electron chi connectivity index (χ1n) is 6.87. The molecule has 1 saturated heterocycles. The Morgan fingerprint density at radius 3 is 2.17 bits per heavy atom. The predicted molar refractivity (Wildman–Crippen MR) is 73.6 cm³/mol. The molecule has 0 radical (unpaired) electrons. The van der Waals surface area contributed by atoms with Gasteiger partial charge in [0.15, 0.2) is 11.6 Å². The molecule has 8 heteroatoms. The summed E-state index contributed by atoms with van der Waals surface area (Å²) < 4.78 is 18.5. The van der Waals surface area contributed by atoms with Gasteiger partial charge in [-0.25, -0.2) is 4.39 Å². The maximum Gasteiger partial charge on any atom is 0.312 e. The number of piperidine rings is 1. The van der Waals surface area contributed by atoms with E-state index in [2.05, 4.69) is 0 Å². The van der Waals surface area contributed by atoms with E-state index in [9.17, 15) is 29.0 Å². The van der Waals surface area contributed by atoms with E-state index in [0.717, 1.165) is 11.0 Å². The fourth-order valence-corrected chi connectivity index (χ4v) is 3.41. The number of benzene rings is 1. The number of halogens is 1. The molecule has 0 unspecified atom stereocenters. The number of carboxylic acids is 2. The number of carbonyl (C=O) groups is 3. The molecular formula is C15H14FNO6. The number of aliphatic carboxylic acids is 2. The minimum absolute atomic E-state index is 0.00538. The van der Waals surface area contributed by atoms with Crippen molar-refractivity contribution in [2.45, 2.75) is 6.42 Å². The molecule has 1 saturated carbocycles. The lowest BCUT2D eigenvalue weighted by Gasteiger charge is -2.20. The van der Waals surface area contributed by atoms with Crippen LogP contribution < -0.4 is 4.74 Å². The Balaban J connectivity index is 1.87. The number of hydrogen-bond acceptors (Lipinski definition) is 4. The van der Waals surface area contributed by atoms with Gasteiger partial charge in [-0.1, -0.05) is 0 Å². The number of amides is 1. The summed E-state index contributed by atoms with van der Waals surface area (Å²) >= 11 is 0. The van der Waals surface area contributed by atoms with E-state index in [4.69, 9.17) is 4.74 Å². The summed E-state index contributed by atoms with van der Waals surface area (Å²) in [5, 5.41) is 18.7. The molecule has 1 aliphatic heterocycles. The molecule has 122 valence electrons. The summed E-state index contributed by atoms with van der Waals surface area (Å²) in [5.74, 6) is -3.79. The lowest BCUT2D eigenvalue weighted by Crippen LogP contribution is -2.34. The molecule has 0 aromatic heterocycles. The molecule has 1 amide bonds. The van der Waals surface area contributed by atoms with Crippen molar-refractivity contribution in [3.8, 4) is 5.75 Å². The third kappa shape index (κ3) is 1.90. The summed E-state index contributed by atoms with van der Waals surface area (Å²) in [6, 6.07) is 3.64. The van der Waals surface area contributed by atoms with Crippen LogP contribution >= 0.6 is 0 Å². The topological polar surface area (TPSA) is 104 Å². The minimum Gasteiger partial charge on any atom is -0.494 e. The smallest absolute Gasteiger partial charge is 0.312 e. The maximum absolute atomic E-state index is 13.7. The zero-order chi connectivity index (χ0) is 17.0. The number of hydrogen-bond donors (Lipinski definition) is 2. The normalized spacial score (nSPS) is 28.2. The van der Waals surface area contributed by atoms with Gasteiger partial charge in [0.25, 0.3) is 5.91 Å². The van der Waals surface area contributed by atoms with Gasteiger partial charge in [-0.2, -0.15) is 0 Å². The second kappa shape index (κ2) is 4.68. The van der Waals surface area contributed by atoms with Crippen LogP contribution in [0, 0.1) is 16.6 Å². The Labute approximate surface area is 130 Å². The number of methoxy groups -OCH3 is 1. The Kier molecular flexibility index (Phi) is 3.10. The molecule has 1 heterocycles. The molecule has 3 rings (SSSR count). The van der Waals surface area contributed by atoms with E-state index in [0.29, 0.717) is 0 Å². The molecule has 2 N–H and O–H groups in total. The summed E-state index contributed by atoms with van der Waals surface area (Å²) in [5.41, 5.74) is -2.87. The first-order chi connectivity index (χ1) is 10.8. The van der Waals surface area contributed by atoms with Gasteiger partial charge in [0.05, 0.1) is 7.11 Å². The second-order valence-corrected chi connectivity index (χ2v) is 5.96. The molecular weight excluding hydrogens is 309 g/mol. The van der Waals surface area contributed by atoms with Crippen LogP contribution in [0.3, 0.4) is 0 Å². The van der Waals surface area contributed by atoms with Gasteiger partial charge >= 0.3 is 11.9 Å². The van der Waals surface area contributed by atoms with Gasteiger partial charge < -0.3 is 19.8 Å². The molecule has 23 heavy (non-hydrogen) atoms. The lowest BCUT2D eigenvalue weighted by molar-refractivity contribution is -0.151. The largest absolute Gasteiger partial charge is 0.494 e. The second-order valence-electron chi connectivity index (χ2n) is 5.96. The third-order valence-electron chi connectivity index (χ3n) is 4.82. The molecule has 1 aliphatic carbocycles. The van der Waals surface area contributed by atoms with Gasteiger partial charge in [0.2, 0.25) is 0 Å². The van der Waals surface area contributed by atoms with Gasteiger partial charge in [0.1, 0.15) is 10.8 Å². The summed E-state index contributed by atoms with van der Waals surface area (Å²) in [4.78, 5) is 36.5. The van der Waals surface area contributed by atoms with Crippen LogP contribution in [-0.2, 0) is 9.59 Å². The summed E-state index contributed by atoms with van der Waals surface area (Å²) in [6.07, 6.45) is 0.00538. The zero-order valence-electron chi connectivity index (χ0n) is 12.2. The highest BCUT2D eigenvalue weighted by molar-refractivity contribution is 6.00. The summed E-state index contributed by atoms with van der Waals surface area (Å²) in [6.45, 7) is -0.387. The van der Waals surface area contributed by atoms with Crippen LogP contribution in [0.1, 0.15) is 16.8 Å². The van der Waals surface area contributed by atoms with Crippen molar-refractivity contribution in [1.82, 2.24) is 4.90 Å². The maximum atomic E-state index is 13.7. The minimum atomic E-state index is -1.44. The Morgan fingerprint density at radius 1 is 1.17 bits per heavy atom. The van der Waals surface area contributed by atoms with E-state index in [1.165, 1.54) is 19.2 Å². The first kappa shape index (κ1) is 15.3. The van der Waals surface area contributed by atoms with Crippen LogP contribution in [0.2, 0.25) is 0 Å². The number of ether oxygens (including phenoxy) is 1. The van der Waals surface area contributed by atoms with Crippen molar-refractivity contribution in [1.29, 1.82) is 0 Å². The fraction of sp³-hybridized carbons (Fsp3) is 0.400. The molecule has 1 aromatic rings. The standard InChI is InChI=1S/C15H14FNO6/c1-23-10-3-2-8(4-9(10)16)11(18)17-6-14(12(19)20)5-15(14,7-17)13(21)22/h2-4H,5-7H2,1H3,(H,19,20)(H,21,22)/t14-,15+. The number of likely N-dealkylation sites (tertiary alicyclic amines) is 1. The van der Waals surface area contributed by atoms with Crippen LogP contribution in [0.15, 0.2) is 18.2 Å². The van der Waals surface area contributed by atoms with Crippen molar-refractivity contribution in [2.24, 2.45) is 10.8 Å². The Morgan fingerprint density at radius 2 is 1.74 bits per heavy atom. The lowest BCUT2D eigenvalue weighted by atomic mass is 9.97. The molecule has 0 spiro atoms. The van der Waals surface area contributed by atoms with Crippen molar-refractivity contribution in [3.05, 3.63) is 29.6 Å². The highest BCUT2D eigenvalue weighted by Crippen LogP contribution is 2.68. The zero-order valence-corrected chi connectivity index (χ0v) is 12.2. The molecule has 2 fully saturated rings. The molecule has 0 bridgehead atoms. The number of rotatable bonds is 4. The van der Waals surface area contributed by atoms with Gasteiger partial charge in [-0.3, -0.25) is 14.4 Å². The van der Waals surface area contributed by atoms with Crippen LogP contribution in [0.4, 0.5) is 4.39 Å². The molecule has 2 atom stereocenters.